The smallest absolute Gasteiger partial charge is 0.244 e. The van der Waals surface area contributed by atoms with Gasteiger partial charge in [-0.1, -0.05) is 51.1 Å². The van der Waals surface area contributed by atoms with Crippen LogP contribution in [0.5, 0.6) is 0 Å². The lowest BCUT2D eigenvalue weighted by Gasteiger charge is -2.40. The molecule has 7 atom stereocenters. The topological polar surface area (TPSA) is 98.7 Å². The van der Waals surface area contributed by atoms with Gasteiger partial charge in [0.05, 0.1) is 29.2 Å². The maximum Gasteiger partial charge on any atom is 0.244 e. The number of aliphatic hydroxyl groups is 1. The number of carbonyl (C=O) groups is 3. The van der Waals surface area contributed by atoms with Gasteiger partial charge in [0.2, 0.25) is 17.7 Å². The lowest BCUT2D eigenvalue weighted by molar-refractivity contribution is -0.142. The molecule has 1 aromatic carbocycles. The van der Waals surface area contributed by atoms with Crippen LogP contribution in [0.4, 0.5) is 0 Å². The SMILES string of the molecule is CCCNC(=O)[C@@H]1[C@@H]2CC(C)C3(S2)C(C(=O)NCc2ccccc2)N([C@@H](CC)CO)C(=O)[C@H]13. The van der Waals surface area contributed by atoms with E-state index in [2.05, 4.69) is 17.6 Å². The molecule has 3 heterocycles. The van der Waals surface area contributed by atoms with Gasteiger partial charge in [-0.3, -0.25) is 14.4 Å². The van der Waals surface area contributed by atoms with E-state index < -0.39 is 28.7 Å². The highest BCUT2D eigenvalue weighted by Gasteiger charge is 2.76. The molecule has 3 fully saturated rings. The highest BCUT2D eigenvalue weighted by molar-refractivity contribution is 8.02. The van der Waals surface area contributed by atoms with E-state index in [1.54, 1.807) is 16.7 Å². The number of nitrogens with zero attached hydrogens (tertiary/aromatic N) is 1. The van der Waals surface area contributed by atoms with E-state index in [9.17, 15) is 19.5 Å². The van der Waals surface area contributed by atoms with Gasteiger partial charge in [0.1, 0.15) is 6.04 Å². The summed E-state index contributed by atoms with van der Waals surface area (Å²) < 4.78 is -0.653. The minimum Gasteiger partial charge on any atom is -0.394 e. The molecule has 3 aliphatic heterocycles. The molecule has 8 heteroatoms. The van der Waals surface area contributed by atoms with E-state index >= 15 is 0 Å². The third-order valence-electron chi connectivity index (χ3n) is 7.67. The molecule has 2 bridgehead atoms. The number of likely N-dealkylation sites (tertiary alicyclic amines) is 1. The molecular weight excluding hydrogens is 438 g/mol. The summed E-state index contributed by atoms with van der Waals surface area (Å²) in [4.78, 5) is 42.4. The number of thioether (sulfide) groups is 1. The van der Waals surface area contributed by atoms with Crippen molar-refractivity contribution in [3.05, 3.63) is 35.9 Å². The number of aliphatic hydroxyl groups excluding tert-OH is 1. The van der Waals surface area contributed by atoms with Crippen molar-refractivity contribution in [2.45, 2.75) is 68.7 Å². The minimum atomic E-state index is -0.704. The van der Waals surface area contributed by atoms with Crippen molar-refractivity contribution < 1.29 is 19.5 Å². The number of amides is 3. The Labute approximate surface area is 200 Å². The van der Waals surface area contributed by atoms with Crippen molar-refractivity contribution in [2.75, 3.05) is 13.2 Å². The van der Waals surface area contributed by atoms with Gasteiger partial charge in [0, 0.05) is 18.3 Å². The summed E-state index contributed by atoms with van der Waals surface area (Å²) in [6, 6.07) is 8.54. The second-order valence-corrected chi connectivity index (χ2v) is 11.1. The zero-order valence-electron chi connectivity index (χ0n) is 19.6. The summed E-state index contributed by atoms with van der Waals surface area (Å²) in [6.07, 6.45) is 2.18. The lowest BCUT2D eigenvalue weighted by atomic mass is 9.66. The summed E-state index contributed by atoms with van der Waals surface area (Å²) in [5.74, 6) is -1.30. The normalized spacial score (nSPS) is 33.2. The molecule has 180 valence electrons. The number of hydrogen-bond donors (Lipinski definition) is 3. The fourth-order valence-corrected chi connectivity index (χ4v) is 8.52. The van der Waals surface area contributed by atoms with E-state index in [0.29, 0.717) is 19.5 Å². The van der Waals surface area contributed by atoms with E-state index in [1.165, 1.54) is 0 Å². The van der Waals surface area contributed by atoms with Crippen LogP contribution in [0.2, 0.25) is 0 Å². The van der Waals surface area contributed by atoms with E-state index in [1.807, 2.05) is 44.2 Å². The van der Waals surface area contributed by atoms with Crippen LogP contribution >= 0.6 is 11.8 Å². The van der Waals surface area contributed by atoms with Crippen LogP contribution < -0.4 is 10.6 Å². The fraction of sp³-hybridized carbons (Fsp3) is 0.640. The summed E-state index contributed by atoms with van der Waals surface area (Å²) in [7, 11) is 0. The van der Waals surface area contributed by atoms with Crippen molar-refractivity contribution in [1.82, 2.24) is 15.5 Å². The molecule has 3 amide bonds. The summed E-state index contributed by atoms with van der Waals surface area (Å²) in [6.45, 7) is 6.77. The van der Waals surface area contributed by atoms with E-state index in [0.717, 1.165) is 18.4 Å². The monoisotopic (exact) mass is 473 g/mol. The number of nitrogens with one attached hydrogen (secondary N) is 2. The molecule has 33 heavy (non-hydrogen) atoms. The predicted molar refractivity (Wildman–Crippen MR) is 128 cm³/mol. The van der Waals surface area contributed by atoms with Crippen molar-refractivity contribution in [1.29, 1.82) is 0 Å². The summed E-state index contributed by atoms with van der Waals surface area (Å²) in [5, 5.41) is 16.2. The Hall–Kier alpha value is -2.06. The van der Waals surface area contributed by atoms with E-state index in [-0.39, 0.29) is 35.5 Å². The first-order valence-electron chi connectivity index (χ1n) is 12.1. The molecule has 0 aromatic heterocycles. The Kier molecular flexibility index (Phi) is 7.05. The fourth-order valence-electron chi connectivity index (χ4n) is 6.11. The first kappa shape index (κ1) is 24.1. The van der Waals surface area contributed by atoms with Gasteiger partial charge in [-0.05, 0) is 30.7 Å². The molecule has 1 aromatic rings. The first-order chi connectivity index (χ1) is 15.9. The number of rotatable bonds is 9. The van der Waals surface area contributed by atoms with Gasteiger partial charge in [-0.25, -0.2) is 0 Å². The second-order valence-electron chi connectivity index (χ2n) is 9.54. The van der Waals surface area contributed by atoms with Crippen LogP contribution in [0.1, 0.15) is 45.6 Å². The van der Waals surface area contributed by atoms with E-state index in [4.69, 9.17) is 0 Å². The maximum atomic E-state index is 13.9. The van der Waals surface area contributed by atoms with Crippen molar-refractivity contribution in [2.24, 2.45) is 17.8 Å². The molecule has 4 rings (SSSR count). The Bertz CT molecular complexity index is 893. The maximum absolute atomic E-state index is 13.9. The first-order valence-corrected chi connectivity index (χ1v) is 13.0. The Balaban J connectivity index is 1.69. The highest BCUT2D eigenvalue weighted by atomic mass is 32.2. The van der Waals surface area contributed by atoms with Gasteiger partial charge in [0.15, 0.2) is 0 Å². The zero-order valence-corrected chi connectivity index (χ0v) is 20.4. The highest BCUT2D eigenvalue weighted by Crippen LogP contribution is 2.68. The third kappa shape index (κ3) is 3.85. The largest absolute Gasteiger partial charge is 0.394 e. The van der Waals surface area contributed by atoms with Crippen molar-refractivity contribution >= 4 is 29.5 Å². The molecule has 0 aliphatic carbocycles. The van der Waals surface area contributed by atoms with Crippen molar-refractivity contribution in [3.8, 4) is 0 Å². The quantitative estimate of drug-likeness (QED) is 0.509. The van der Waals surface area contributed by atoms with Crippen LogP contribution in [0.25, 0.3) is 0 Å². The van der Waals surface area contributed by atoms with Crippen LogP contribution in [0.3, 0.4) is 0 Å². The Morgan fingerprint density at radius 2 is 1.94 bits per heavy atom. The molecule has 0 saturated carbocycles. The van der Waals surface area contributed by atoms with Gasteiger partial charge in [-0.15, -0.1) is 11.8 Å². The minimum absolute atomic E-state index is 0.0339. The molecule has 3 aliphatic rings. The number of fused-ring (bicyclic) bond motifs is 1. The summed E-state index contributed by atoms with van der Waals surface area (Å²) >= 11 is 1.67. The number of benzene rings is 1. The molecule has 0 radical (unpaired) electrons. The van der Waals surface area contributed by atoms with Crippen molar-refractivity contribution in [3.63, 3.8) is 0 Å². The average Bonchev–Trinajstić information content (AvgIpc) is 3.42. The van der Waals surface area contributed by atoms with Gasteiger partial charge in [0.25, 0.3) is 0 Å². The Morgan fingerprint density at radius 3 is 2.58 bits per heavy atom. The molecule has 3 unspecified atom stereocenters. The van der Waals surface area contributed by atoms with Gasteiger partial charge in [-0.2, -0.15) is 0 Å². The van der Waals surface area contributed by atoms with Gasteiger partial charge < -0.3 is 20.6 Å². The lowest BCUT2D eigenvalue weighted by Crippen LogP contribution is -2.58. The van der Waals surface area contributed by atoms with Crippen LogP contribution in [-0.2, 0) is 20.9 Å². The standard InChI is InChI=1S/C25H35N3O4S/c1-4-11-26-22(30)19-18-12-15(3)25(33-18)20(19)24(32)28(17(5-2)14-29)21(25)23(31)27-13-16-9-7-6-8-10-16/h6-10,15,17-21,29H,4-5,11-14H2,1-3H3,(H,26,30)(H,27,31)/t15?,17-,18-,19+,20-,21?,25?/m0/s1. The number of hydrogen-bond acceptors (Lipinski definition) is 5. The average molecular weight is 474 g/mol. The van der Waals surface area contributed by atoms with Gasteiger partial charge >= 0.3 is 0 Å². The molecule has 1 spiro atoms. The van der Waals surface area contributed by atoms with Crippen LogP contribution in [0, 0.1) is 17.8 Å². The summed E-state index contributed by atoms with van der Waals surface area (Å²) in [5.41, 5.74) is 0.984. The predicted octanol–water partition coefficient (Wildman–Crippen LogP) is 1.94. The van der Waals surface area contributed by atoms with Crippen LogP contribution in [-0.4, -0.2) is 63.0 Å². The third-order valence-corrected chi connectivity index (χ3v) is 9.74. The molecular formula is C25H35N3O4S. The molecule has 3 N–H and O–H groups in total. The zero-order chi connectivity index (χ0) is 23.8. The second kappa shape index (κ2) is 9.66. The number of carbonyl (C=O) groups excluding carboxylic acids is 3. The Morgan fingerprint density at radius 1 is 1.21 bits per heavy atom. The molecule has 3 saturated heterocycles. The molecule has 7 nitrogen and oxygen atoms in total. The van der Waals surface area contributed by atoms with Crippen LogP contribution in [0.15, 0.2) is 30.3 Å².